The molecule has 346 valence electrons. The average molecular weight is 905 g/mol. The second kappa shape index (κ2) is 14.6. The summed E-state index contributed by atoms with van der Waals surface area (Å²) < 4.78 is 24.9. The highest BCUT2D eigenvalue weighted by molar-refractivity contribution is 5.95. The standard InChI is InChI=1S/C55H56N2O10/c1-30-25-39(27-43-45(30)52-21-23-56(28-32-3-4-32)31(2)54(52,62)19-17-40(58)48(52)65-43)64-50(60)36-11-7-34(8-12-36)35-9-13-37(14-10-35)51(61)66-42-16-15-38-26-44-55(63)20-18-41(59)49-53(55,46(38)47(42)67-49)22-24-57(44)29-33-5-6-33/h7-16,25,27,31-33,44,48-49,62-63H,3-6,17-24,26,28-29H2,1-2H3/t31?,44?,48-,49-,52-,53-,54+,55+/m0/s1. The van der Waals surface area contributed by atoms with Gasteiger partial charge >= 0.3 is 11.9 Å². The molecule has 6 fully saturated rings. The highest BCUT2D eigenvalue weighted by atomic mass is 16.6. The molecular formula is C55H56N2O10. The number of hydrogen-bond donors (Lipinski definition) is 2. The fraction of sp³-hybridized carbons (Fsp3) is 0.491. The molecule has 2 N–H and O–H groups in total. The molecule has 8 atom stereocenters. The minimum absolute atomic E-state index is 0.00349. The zero-order valence-corrected chi connectivity index (χ0v) is 38.1. The van der Waals surface area contributed by atoms with Crippen LogP contribution in [0.4, 0.5) is 0 Å². The van der Waals surface area contributed by atoms with E-state index >= 15 is 0 Å². The van der Waals surface area contributed by atoms with Gasteiger partial charge in [-0.05, 0) is 155 Å². The summed E-state index contributed by atoms with van der Waals surface area (Å²) >= 11 is 0. The van der Waals surface area contributed by atoms with E-state index in [1.54, 1.807) is 36.4 Å². The number of benzene rings is 4. The van der Waals surface area contributed by atoms with Crippen molar-refractivity contribution in [2.24, 2.45) is 11.8 Å². The van der Waals surface area contributed by atoms with E-state index < -0.39 is 46.2 Å². The normalized spacial score (nSPS) is 33.4. The number of rotatable bonds is 9. The third-order valence-corrected chi connectivity index (χ3v) is 18.0. The summed E-state index contributed by atoms with van der Waals surface area (Å²) in [4.78, 5) is 59.2. The molecule has 4 heterocycles. The van der Waals surface area contributed by atoms with Crippen molar-refractivity contribution in [2.45, 2.75) is 131 Å². The van der Waals surface area contributed by atoms with Gasteiger partial charge < -0.3 is 29.2 Å². The third kappa shape index (κ3) is 5.91. The molecule has 0 aromatic heterocycles. The van der Waals surface area contributed by atoms with Gasteiger partial charge in [-0.1, -0.05) is 30.3 Å². The zero-order chi connectivity index (χ0) is 45.8. The lowest BCUT2D eigenvalue weighted by Crippen LogP contribution is -2.76. The molecule has 2 bridgehead atoms. The van der Waals surface area contributed by atoms with Crippen LogP contribution in [0.15, 0.2) is 72.8 Å². The smallest absolute Gasteiger partial charge is 0.343 e. The van der Waals surface area contributed by atoms with Crippen LogP contribution < -0.4 is 18.9 Å². The number of likely N-dealkylation sites (tertiary alicyclic amines) is 2. The molecule has 13 rings (SSSR count). The van der Waals surface area contributed by atoms with Gasteiger partial charge in [0.15, 0.2) is 35.3 Å². The molecule has 9 aliphatic rings. The molecule has 0 radical (unpaired) electrons. The van der Waals surface area contributed by atoms with E-state index in [4.69, 9.17) is 18.9 Å². The van der Waals surface area contributed by atoms with Gasteiger partial charge in [0.1, 0.15) is 11.5 Å². The SMILES string of the molecule is Cc1cc(OC(=O)c2ccc(-c3ccc(C(=O)Oc4ccc5c6c4O[C@H]4C(=O)CC[C@@]7(O)C(C5)N(CC5CC5)CC[C@]647)cc3)cc2)cc2c1[C@]13CCN(CC4CC4)C(C)[C@]1(O)CCC(=O)[C@@H]3O2. The Bertz CT molecular complexity index is 2800. The summed E-state index contributed by atoms with van der Waals surface area (Å²) in [7, 11) is 0. The molecule has 12 nitrogen and oxygen atoms in total. The summed E-state index contributed by atoms with van der Waals surface area (Å²) in [5, 5.41) is 25.2. The number of aliphatic hydroxyl groups is 2. The Labute approximate surface area is 389 Å². The lowest BCUT2D eigenvalue weighted by molar-refractivity contribution is -0.188. The molecule has 2 spiro atoms. The van der Waals surface area contributed by atoms with Crippen molar-refractivity contribution in [3.8, 4) is 34.1 Å². The molecule has 67 heavy (non-hydrogen) atoms. The van der Waals surface area contributed by atoms with E-state index in [0.29, 0.717) is 72.3 Å². The van der Waals surface area contributed by atoms with Crippen molar-refractivity contribution in [1.29, 1.82) is 0 Å². The Hall–Kier alpha value is -5.40. The molecule has 4 aromatic carbocycles. The molecule has 4 saturated carbocycles. The van der Waals surface area contributed by atoms with Gasteiger partial charge in [0.05, 0.1) is 33.2 Å². The number of nitrogens with zero attached hydrogens (tertiary/aromatic N) is 2. The van der Waals surface area contributed by atoms with E-state index in [1.165, 1.54) is 25.7 Å². The van der Waals surface area contributed by atoms with Crippen molar-refractivity contribution in [2.75, 3.05) is 26.2 Å². The first-order valence-corrected chi connectivity index (χ1v) is 24.6. The average Bonchev–Trinajstić information content (AvgIpc) is 4.26. The van der Waals surface area contributed by atoms with Crippen LogP contribution in [-0.4, -0.2) is 105 Å². The molecular weight excluding hydrogens is 849 g/mol. The lowest BCUT2D eigenvalue weighted by atomic mass is 9.49. The van der Waals surface area contributed by atoms with Crippen molar-refractivity contribution >= 4 is 23.5 Å². The summed E-state index contributed by atoms with van der Waals surface area (Å²) in [6.07, 6.45) is 6.55. The fourth-order valence-electron chi connectivity index (χ4n) is 14.3. The third-order valence-electron chi connectivity index (χ3n) is 18.0. The second-order valence-electron chi connectivity index (χ2n) is 21.5. The first kappa shape index (κ1) is 41.8. The number of hydrogen-bond acceptors (Lipinski definition) is 12. The maximum atomic E-state index is 13.7. The van der Waals surface area contributed by atoms with Gasteiger partial charge in [0.25, 0.3) is 0 Å². The highest BCUT2D eigenvalue weighted by Gasteiger charge is 2.74. The van der Waals surface area contributed by atoms with E-state index in [2.05, 4.69) is 16.7 Å². The number of aryl methyl sites for hydroxylation is 1. The van der Waals surface area contributed by atoms with E-state index in [-0.39, 0.29) is 42.2 Å². The number of ether oxygens (including phenoxy) is 4. The zero-order valence-electron chi connectivity index (χ0n) is 38.1. The molecule has 0 amide bonds. The Morgan fingerprint density at radius 2 is 1.25 bits per heavy atom. The van der Waals surface area contributed by atoms with Gasteiger partial charge in [-0.2, -0.15) is 0 Å². The van der Waals surface area contributed by atoms with Crippen molar-refractivity contribution in [1.82, 2.24) is 9.80 Å². The Morgan fingerprint density at radius 1 is 0.687 bits per heavy atom. The monoisotopic (exact) mass is 904 g/mol. The minimum Gasteiger partial charge on any atom is -0.481 e. The number of Topliss-reactive ketones (excluding diaryl/α,β-unsaturated/α-hetero) is 2. The topological polar surface area (TPSA) is 152 Å². The largest absolute Gasteiger partial charge is 0.481 e. The fourth-order valence-corrected chi connectivity index (χ4v) is 14.3. The van der Waals surface area contributed by atoms with E-state index in [0.717, 1.165) is 59.6 Å². The molecule has 5 aliphatic carbocycles. The van der Waals surface area contributed by atoms with Gasteiger partial charge in [-0.15, -0.1) is 0 Å². The van der Waals surface area contributed by atoms with Crippen LogP contribution in [0.2, 0.25) is 0 Å². The maximum absolute atomic E-state index is 13.7. The summed E-state index contributed by atoms with van der Waals surface area (Å²) in [6, 6.07) is 21.1. The maximum Gasteiger partial charge on any atom is 0.343 e. The number of carbonyl (C=O) groups excluding carboxylic acids is 4. The van der Waals surface area contributed by atoms with Crippen LogP contribution in [-0.2, 0) is 26.8 Å². The molecule has 4 aromatic rings. The number of ketones is 2. The lowest BCUT2D eigenvalue weighted by Gasteiger charge is -2.62. The Morgan fingerprint density at radius 3 is 1.90 bits per heavy atom. The van der Waals surface area contributed by atoms with Gasteiger partial charge in [0.2, 0.25) is 0 Å². The quantitative estimate of drug-likeness (QED) is 0.134. The number of carbonyl (C=O) groups is 4. The van der Waals surface area contributed by atoms with Gasteiger partial charge in [0, 0.05) is 55.2 Å². The van der Waals surface area contributed by atoms with E-state index in [1.807, 2.05) is 43.3 Å². The van der Waals surface area contributed by atoms with Crippen LogP contribution in [0.1, 0.15) is 114 Å². The minimum atomic E-state index is -1.14. The van der Waals surface area contributed by atoms with Crippen LogP contribution in [0.25, 0.3) is 11.1 Å². The van der Waals surface area contributed by atoms with Crippen molar-refractivity contribution in [3.63, 3.8) is 0 Å². The van der Waals surface area contributed by atoms with E-state index in [9.17, 15) is 29.4 Å². The highest BCUT2D eigenvalue weighted by Crippen LogP contribution is 2.66. The van der Waals surface area contributed by atoms with Gasteiger partial charge in [-0.3, -0.25) is 19.4 Å². The predicted molar refractivity (Wildman–Crippen MR) is 245 cm³/mol. The van der Waals surface area contributed by atoms with Crippen LogP contribution in [0.3, 0.4) is 0 Å². The second-order valence-corrected chi connectivity index (χ2v) is 21.5. The summed E-state index contributed by atoms with van der Waals surface area (Å²) in [5.41, 5.74) is 1.94. The number of piperidine rings is 2. The molecule has 2 saturated heterocycles. The number of esters is 2. The summed E-state index contributed by atoms with van der Waals surface area (Å²) in [5.74, 6) is 1.71. The first-order chi connectivity index (χ1) is 32.3. The van der Waals surface area contributed by atoms with Crippen LogP contribution in [0.5, 0.6) is 23.0 Å². The number of fused-ring (bicyclic) bond motifs is 1. The summed E-state index contributed by atoms with van der Waals surface area (Å²) in [6.45, 7) is 7.56. The first-order valence-electron chi connectivity index (χ1n) is 24.6. The Balaban J connectivity index is 0.700. The van der Waals surface area contributed by atoms with Crippen LogP contribution >= 0.6 is 0 Å². The molecule has 12 heteroatoms. The molecule has 4 aliphatic heterocycles. The van der Waals surface area contributed by atoms with Gasteiger partial charge in [-0.25, -0.2) is 9.59 Å². The predicted octanol–water partition coefficient (Wildman–Crippen LogP) is 6.83. The van der Waals surface area contributed by atoms with Crippen molar-refractivity contribution < 1.29 is 48.3 Å². The Kier molecular flexibility index (Phi) is 9.07. The molecule has 2 unspecified atom stereocenters. The van der Waals surface area contributed by atoms with Crippen molar-refractivity contribution in [3.05, 3.63) is 106 Å². The van der Waals surface area contributed by atoms with Crippen LogP contribution in [0, 0.1) is 18.8 Å².